The van der Waals surface area contributed by atoms with Gasteiger partial charge in [0.15, 0.2) is 0 Å². The van der Waals surface area contributed by atoms with E-state index in [9.17, 15) is 5.11 Å². The Morgan fingerprint density at radius 2 is 2.11 bits per heavy atom. The highest BCUT2D eigenvalue weighted by atomic mass is 16.5. The Bertz CT molecular complexity index is 340. The molecule has 102 valence electrons. The molecule has 2 unspecified atom stereocenters. The molecule has 0 fully saturated rings. The van der Waals surface area contributed by atoms with Gasteiger partial charge in [-0.3, -0.25) is 4.98 Å². The van der Waals surface area contributed by atoms with Crippen molar-refractivity contribution in [2.24, 2.45) is 0 Å². The van der Waals surface area contributed by atoms with E-state index in [0.29, 0.717) is 19.1 Å². The minimum Gasteiger partial charge on any atom is -0.387 e. The molecule has 0 spiro atoms. The summed E-state index contributed by atoms with van der Waals surface area (Å²) >= 11 is 0. The van der Waals surface area contributed by atoms with Crippen LogP contribution in [0.15, 0.2) is 18.3 Å². The zero-order valence-corrected chi connectivity index (χ0v) is 11.8. The van der Waals surface area contributed by atoms with Crippen molar-refractivity contribution in [3.63, 3.8) is 0 Å². The summed E-state index contributed by atoms with van der Waals surface area (Å²) in [7, 11) is 1.71. The molecule has 0 saturated carbocycles. The largest absolute Gasteiger partial charge is 0.387 e. The highest BCUT2D eigenvalue weighted by Gasteiger charge is 2.14. The lowest BCUT2D eigenvalue weighted by molar-refractivity contribution is 0.169. The number of ether oxygens (including phenoxy) is 1. The Kier molecular flexibility index (Phi) is 6.09. The second kappa shape index (κ2) is 7.34. The van der Waals surface area contributed by atoms with E-state index < -0.39 is 6.10 Å². The summed E-state index contributed by atoms with van der Waals surface area (Å²) < 4.78 is 5.19. The number of aliphatic hydroxyl groups excluding tert-OH is 1. The summed E-state index contributed by atoms with van der Waals surface area (Å²) in [6.07, 6.45) is 2.04. The van der Waals surface area contributed by atoms with Gasteiger partial charge in [-0.25, -0.2) is 0 Å². The summed E-state index contributed by atoms with van der Waals surface area (Å²) in [5.41, 5.74) is 1.80. The summed E-state index contributed by atoms with van der Waals surface area (Å²) in [5, 5.41) is 9.71. The Hall–Kier alpha value is -1.13. The maximum absolute atomic E-state index is 9.71. The number of hydrogen-bond acceptors (Lipinski definition) is 4. The van der Waals surface area contributed by atoms with Crippen molar-refractivity contribution in [3.05, 3.63) is 24.0 Å². The van der Waals surface area contributed by atoms with Crippen molar-refractivity contribution in [3.8, 4) is 0 Å². The minimum absolute atomic E-state index is 0.309. The van der Waals surface area contributed by atoms with Crippen LogP contribution in [-0.4, -0.2) is 36.4 Å². The van der Waals surface area contributed by atoms with Crippen molar-refractivity contribution in [1.82, 2.24) is 4.98 Å². The topological polar surface area (TPSA) is 45.6 Å². The van der Waals surface area contributed by atoms with E-state index in [1.54, 1.807) is 7.11 Å². The van der Waals surface area contributed by atoms with Crippen LogP contribution in [0.3, 0.4) is 0 Å². The zero-order valence-electron chi connectivity index (χ0n) is 11.8. The van der Waals surface area contributed by atoms with Crippen LogP contribution in [-0.2, 0) is 4.74 Å². The fraction of sp³-hybridized carbons (Fsp3) is 0.643. The number of aromatic nitrogens is 1. The summed E-state index contributed by atoms with van der Waals surface area (Å²) in [6.45, 7) is 7.77. The van der Waals surface area contributed by atoms with Crippen molar-refractivity contribution in [2.75, 3.05) is 25.2 Å². The van der Waals surface area contributed by atoms with Crippen molar-refractivity contribution < 1.29 is 9.84 Å². The van der Waals surface area contributed by atoms with Crippen LogP contribution in [0.25, 0.3) is 0 Å². The number of hydrogen-bond donors (Lipinski definition) is 1. The van der Waals surface area contributed by atoms with Crippen LogP contribution in [0.1, 0.15) is 39.0 Å². The first kappa shape index (κ1) is 14.9. The molecule has 0 amide bonds. The molecule has 2 atom stereocenters. The molecule has 1 N–H and O–H groups in total. The van der Waals surface area contributed by atoms with Gasteiger partial charge in [-0.05, 0) is 32.4 Å². The van der Waals surface area contributed by atoms with Gasteiger partial charge < -0.3 is 14.7 Å². The molecule has 1 aromatic rings. The van der Waals surface area contributed by atoms with Crippen LogP contribution in [0.5, 0.6) is 0 Å². The molecule has 0 bridgehead atoms. The lowest BCUT2D eigenvalue weighted by Gasteiger charge is -2.29. The average molecular weight is 252 g/mol. The van der Waals surface area contributed by atoms with Crippen molar-refractivity contribution in [1.29, 1.82) is 0 Å². The van der Waals surface area contributed by atoms with Crippen molar-refractivity contribution in [2.45, 2.75) is 39.3 Å². The molecule has 0 aliphatic heterocycles. The lowest BCUT2D eigenvalue weighted by Crippen LogP contribution is -2.36. The third-order valence-electron chi connectivity index (χ3n) is 3.11. The molecular formula is C14H24N2O2. The quantitative estimate of drug-likeness (QED) is 0.809. The molecule has 1 rings (SSSR count). The second-order valence-electron chi connectivity index (χ2n) is 4.46. The number of likely N-dealkylation sites (N-methyl/N-ethyl adjacent to an activating group) is 1. The van der Waals surface area contributed by atoms with Gasteiger partial charge in [0.25, 0.3) is 0 Å². The Balaban J connectivity index is 2.81. The molecule has 0 aromatic carbocycles. The standard InChI is InChI=1S/C14H24N2O2/c1-5-14(17)13-8-7-12(9-15-13)16(6-2)11(3)10-18-4/h7-9,11,14,17H,5-6,10H2,1-4H3. The number of anilines is 1. The Labute approximate surface area is 110 Å². The normalized spacial score (nSPS) is 14.3. The van der Waals surface area contributed by atoms with E-state index in [-0.39, 0.29) is 0 Å². The van der Waals surface area contributed by atoms with E-state index >= 15 is 0 Å². The molecule has 1 aromatic heterocycles. The van der Waals surface area contributed by atoms with Gasteiger partial charge in [-0.2, -0.15) is 0 Å². The molecule has 18 heavy (non-hydrogen) atoms. The summed E-state index contributed by atoms with van der Waals surface area (Å²) in [5.74, 6) is 0. The van der Waals surface area contributed by atoms with Crippen LogP contribution < -0.4 is 4.90 Å². The van der Waals surface area contributed by atoms with E-state index in [4.69, 9.17) is 4.74 Å². The molecule has 4 heteroatoms. The average Bonchev–Trinajstić information content (AvgIpc) is 2.40. The number of methoxy groups -OCH3 is 1. The maximum atomic E-state index is 9.71. The van der Waals surface area contributed by atoms with E-state index in [2.05, 4.69) is 23.7 Å². The zero-order chi connectivity index (χ0) is 13.5. The predicted molar refractivity (Wildman–Crippen MR) is 73.8 cm³/mol. The monoisotopic (exact) mass is 252 g/mol. The van der Waals surface area contributed by atoms with Gasteiger partial charge in [0.05, 0.1) is 30.3 Å². The number of rotatable bonds is 7. The minimum atomic E-state index is -0.467. The SMILES string of the molecule is CCC(O)c1ccc(N(CC)C(C)COC)cn1. The third kappa shape index (κ3) is 3.68. The smallest absolute Gasteiger partial charge is 0.0957 e. The highest BCUT2D eigenvalue weighted by Crippen LogP contribution is 2.19. The Morgan fingerprint density at radius 3 is 2.56 bits per heavy atom. The van der Waals surface area contributed by atoms with Gasteiger partial charge in [-0.1, -0.05) is 6.92 Å². The van der Waals surface area contributed by atoms with Gasteiger partial charge in [-0.15, -0.1) is 0 Å². The molecular weight excluding hydrogens is 228 g/mol. The highest BCUT2D eigenvalue weighted by molar-refractivity contribution is 5.45. The second-order valence-corrected chi connectivity index (χ2v) is 4.46. The molecule has 1 heterocycles. The number of aliphatic hydroxyl groups is 1. The fourth-order valence-electron chi connectivity index (χ4n) is 2.05. The first-order valence-corrected chi connectivity index (χ1v) is 6.53. The first-order valence-electron chi connectivity index (χ1n) is 6.53. The fourth-order valence-corrected chi connectivity index (χ4v) is 2.05. The maximum Gasteiger partial charge on any atom is 0.0957 e. The number of nitrogens with zero attached hydrogens (tertiary/aromatic N) is 2. The summed E-state index contributed by atoms with van der Waals surface area (Å²) in [6, 6.07) is 4.21. The number of pyridine rings is 1. The molecule has 0 aliphatic rings. The van der Waals surface area contributed by atoms with Gasteiger partial charge in [0.2, 0.25) is 0 Å². The molecule has 0 radical (unpaired) electrons. The molecule has 4 nitrogen and oxygen atoms in total. The van der Waals surface area contributed by atoms with Gasteiger partial charge >= 0.3 is 0 Å². The molecule has 0 aliphatic carbocycles. The Morgan fingerprint density at radius 1 is 1.39 bits per heavy atom. The van der Waals surface area contributed by atoms with E-state index in [0.717, 1.165) is 17.9 Å². The predicted octanol–water partition coefficient (Wildman–Crippen LogP) is 2.39. The van der Waals surface area contributed by atoms with Crippen LogP contribution in [0.2, 0.25) is 0 Å². The van der Waals surface area contributed by atoms with E-state index in [1.165, 1.54) is 0 Å². The summed E-state index contributed by atoms with van der Waals surface area (Å²) in [4.78, 5) is 6.56. The van der Waals surface area contributed by atoms with Crippen LogP contribution in [0.4, 0.5) is 5.69 Å². The van der Waals surface area contributed by atoms with Crippen LogP contribution >= 0.6 is 0 Å². The van der Waals surface area contributed by atoms with Crippen LogP contribution in [0, 0.1) is 0 Å². The molecule has 0 saturated heterocycles. The third-order valence-corrected chi connectivity index (χ3v) is 3.11. The van der Waals surface area contributed by atoms with Gasteiger partial charge in [0.1, 0.15) is 0 Å². The van der Waals surface area contributed by atoms with Crippen molar-refractivity contribution >= 4 is 5.69 Å². The van der Waals surface area contributed by atoms with E-state index in [1.807, 2.05) is 25.3 Å². The first-order chi connectivity index (χ1) is 8.63. The lowest BCUT2D eigenvalue weighted by atomic mass is 10.1. The van der Waals surface area contributed by atoms with Gasteiger partial charge in [0, 0.05) is 19.7 Å².